The van der Waals surface area contributed by atoms with Crippen molar-refractivity contribution in [1.82, 2.24) is 5.43 Å². The van der Waals surface area contributed by atoms with Gasteiger partial charge in [0.15, 0.2) is 5.76 Å². The minimum Gasteiger partial charge on any atom is -0.459 e. The van der Waals surface area contributed by atoms with Gasteiger partial charge in [-0.25, -0.2) is 5.43 Å². The zero-order valence-electron chi connectivity index (χ0n) is 9.34. The molecule has 0 saturated heterocycles. The summed E-state index contributed by atoms with van der Waals surface area (Å²) in [6.07, 6.45) is 4.09. The topological polar surface area (TPSA) is 54.6 Å². The first-order valence-corrected chi connectivity index (χ1v) is 6.07. The van der Waals surface area contributed by atoms with E-state index in [-0.39, 0.29) is 11.7 Å². The molecule has 2 aromatic rings. The third-order valence-electron chi connectivity index (χ3n) is 2.13. The van der Waals surface area contributed by atoms with Crippen LogP contribution in [0.15, 0.2) is 40.0 Å². The summed E-state index contributed by atoms with van der Waals surface area (Å²) in [5.74, 6) is -0.0962. The Balaban J connectivity index is 1.91. The van der Waals surface area contributed by atoms with Gasteiger partial charge >= 0.3 is 5.91 Å². The molecule has 0 bridgehead atoms. The molecule has 0 fully saturated rings. The number of rotatable bonds is 4. The lowest BCUT2D eigenvalue weighted by Crippen LogP contribution is -2.16. The number of thiophene rings is 1. The molecule has 2 heterocycles. The molecule has 0 aromatic carbocycles. The average molecular weight is 248 g/mol. The number of aryl methyl sites for hydroxylation is 1. The number of furan rings is 1. The maximum atomic E-state index is 11.4. The number of carbonyl (C=O) groups excluding carboxylic acids is 1. The van der Waals surface area contributed by atoms with Gasteiger partial charge in [0.2, 0.25) is 0 Å². The van der Waals surface area contributed by atoms with E-state index < -0.39 is 0 Å². The second-order valence-electron chi connectivity index (χ2n) is 3.33. The van der Waals surface area contributed by atoms with E-state index >= 15 is 0 Å². The van der Waals surface area contributed by atoms with Gasteiger partial charge in [0, 0.05) is 9.75 Å². The lowest BCUT2D eigenvalue weighted by Gasteiger charge is -1.93. The monoisotopic (exact) mass is 248 g/mol. The molecule has 0 aliphatic rings. The largest absolute Gasteiger partial charge is 0.459 e. The summed E-state index contributed by atoms with van der Waals surface area (Å²) in [5, 5.41) is 3.87. The van der Waals surface area contributed by atoms with Crippen LogP contribution in [0.3, 0.4) is 0 Å². The smallest absolute Gasteiger partial charge is 0.307 e. The fourth-order valence-corrected chi connectivity index (χ4v) is 2.10. The summed E-state index contributed by atoms with van der Waals surface area (Å²) < 4.78 is 4.94. The minimum atomic E-state index is -0.349. The molecular weight excluding hydrogens is 236 g/mol. The lowest BCUT2D eigenvalue weighted by molar-refractivity contribution is 0.0927. The summed E-state index contributed by atoms with van der Waals surface area (Å²) in [5.41, 5.74) is 2.40. The highest BCUT2D eigenvalue weighted by atomic mass is 32.1. The van der Waals surface area contributed by atoms with E-state index in [1.807, 2.05) is 6.07 Å². The Kier molecular flexibility index (Phi) is 3.72. The van der Waals surface area contributed by atoms with Gasteiger partial charge in [-0.1, -0.05) is 6.92 Å². The van der Waals surface area contributed by atoms with Crippen LogP contribution in [0.4, 0.5) is 0 Å². The summed E-state index contributed by atoms with van der Waals surface area (Å²) in [7, 11) is 0. The van der Waals surface area contributed by atoms with E-state index in [4.69, 9.17) is 4.42 Å². The van der Waals surface area contributed by atoms with Crippen LogP contribution in [0, 0.1) is 0 Å². The van der Waals surface area contributed by atoms with Crippen molar-refractivity contribution in [3.63, 3.8) is 0 Å². The minimum absolute atomic E-state index is 0.252. The number of hydrogen-bond donors (Lipinski definition) is 1. The van der Waals surface area contributed by atoms with Gasteiger partial charge in [-0.05, 0) is 30.7 Å². The first kappa shape index (κ1) is 11.6. The Hall–Kier alpha value is -1.88. The lowest BCUT2D eigenvalue weighted by atomic mass is 10.4. The SMILES string of the molecule is CCc1ccc(/C=N/NC(=O)c2ccco2)s1. The van der Waals surface area contributed by atoms with Crippen molar-refractivity contribution in [2.24, 2.45) is 5.10 Å². The number of amides is 1. The van der Waals surface area contributed by atoms with Crippen LogP contribution in [0.5, 0.6) is 0 Å². The molecule has 2 aromatic heterocycles. The Bertz CT molecular complexity index is 514. The molecule has 0 unspecified atom stereocenters. The van der Waals surface area contributed by atoms with E-state index in [0.29, 0.717) is 0 Å². The fraction of sp³-hybridized carbons (Fsp3) is 0.167. The van der Waals surface area contributed by atoms with Crippen LogP contribution in [0.25, 0.3) is 0 Å². The Morgan fingerprint density at radius 3 is 3.06 bits per heavy atom. The van der Waals surface area contributed by atoms with E-state index in [0.717, 1.165) is 11.3 Å². The maximum absolute atomic E-state index is 11.4. The molecule has 0 spiro atoms. The van der Waals surface area contributed by atoms with Gasteiger partial charge in [-0.2, -0.15) is 5.10 Å². The molecule has 1 N–H and O–H groups in total. The molecule has 0 aliphatic carbocycles. The molecule has 0 atom stereocenters. The number of hydrazone groups is 1. The van der Waals surface area contributed by atoms with E-state index in [1.165, 1.54) is 11.1 Å². The standard InChI is InChI=1S/C12H12N2O2S/c1-2-9-5-6-10(17-9)8-13-14-12(15)11-4-3-7-16-11/h3-8H,2H2,1H3,(H,14,15)/b13-8+. The molecule has 5 heteroatoms. The van der Waals surface area contributed by atoms with Gasteiger partial charge in [0.25, 0.3) is 0 Å². The molecule has 0 aliphatic heterocycles. The zero-order chi connectivity index (χ0) is 12.1. The molecule has 88 valence electrons. The Morgan fingerprint density at radius 2 is 2.41 bits per heavy atom. The van der Waals surface area contributed by atoms with Crippen molar-refractivity contribution >= 4 is 23.5 Å². The van der Waals surface area contributed by atoms with Crippen LogP contribution in [-0.4, -0.2) is 12.1 Å². The van der Waals surface area contributed by atoms with Crippen LogP contribution in [0.1, 0.15) is 27.2 Å². The molecule has 1 amide bonds. The van der Waals surface area contributed by atoms with Crippen molar-refractivity contribution in [1.29, 1.82) is 0 Å². The molecule has 2 rings (SSSR count). The normalized spacial score (nSPS) is 10.9. The third-order valence-corrected chi connectivity index (χ3v) is 3.30. The highest BCUT2D eigenvalue weighted by Crippen LogP contribution is 2.14. The van der Waals surface area contributed by atoms with Crippen LogP contribution in [0.2, 0.25) is 0 Å². The second kappa shape index (κ2) is 5.45. The third kappa shape index (κ3) is 3.04. The van der Waals surface area contributed by atoms with Crippen molar-refractivity contribution in [2.75, 3.05) is 0 Å². The predicted octanol–water partition coefficient (Wildman–Crippen LogP) is 2.67. The highest BCUT2D eigenvalue weighted by molar-refractivity contribution is 7.13. The van der Waals surface area contributed by atoms with Crippen molar-refractivity contribution in [3.05, 3.63) is 46.0 Å². The van der Waals surface area contributed by atoms with Crippen molar-refractivity contribution < 1.29 is 9.21 Å². The number of carbonyl (C=O) groups is 1. The predicted molar refractivity (Wildman–Crippen MR) is 67.5 cm³/mol. The van der Waals surface area contributed by atoms with E-state index in [2.05, 4.69) is 23.5 Å². The molecule has 0 saturated carbocycles. The fourth-order valence-electron chi connectivity index (χ4n) is 1.27. The van der Waals surface area contributed by atoms with Gasteiger partial charge in [0.05, 0.1) is 12.5 Å². The van der Waals surface area contributed by atoms with Crippen molar-refractivity contribution in [2.45, 2.75) is 13.3 Å². The van der Waals surface area contributed by atoms with Crippen LogP contribution < -0.4 is 5.43 Å². The summed E-state index contributed by atoms with van der Waals surface area (Å²) in [6, 6.07) is 7.28. The van der Waals surface area contributed by atoms with Crippen LogP contribution in [-0.2, 0) is 6.42 Å². The average Bonchev–Trinajstić information content (AvgIpc) is 3.00. The first-order chi connectivity index (χ1) is 8.29. The Labute approximate surface area is 103 Å². The van der Waals surface area contributed by atoms with E-state index in [1.54, 1.807) is 29.7 Å². The number of nitrogens with one attached hydrogen (secondary N) is 1. The van der Waals surface area contributed by atoms with E-state index in [9.17, 15) is 4.79 Å². The first-order valence-electron chi connectivity index (χ1n) is 5.25. The molecule has 4 nitrogen and oxygen atoms in total. The second-order valence-corrected chi connectivity index (χ2v) is 4.53. The summed E-state index contributed by atoms with van der Waals surface area (Å²) in [4.78, 5) is 13.8. The molecule has 17 heavy (non-hydrogen) atoms. The number of nitrogens with zero attached hydrogens (tertiary/aromatic N) is 1. The maximum Gasteiger partial charge on any atom is 0.307 e. The van der Waals surface area contributed by atoms with Crippen LogP contribution >= 0.6 is 11.3 Å². The summed E-state index contributed by atoms with van der Waals surface area (Å²) >= 11 is 1.66. The van der Waals surface area contributed by atoms with Crippen molar-refractivity contribution in [3.8, 4) is 0 Å². The quantitative estimate of drug-likeness (QED) is 0.668. The highest BCUT2D eigenvalue weighted by Gasteiger charge is 2.05. The number of hydrogen-bond acceptors (Lipinski definition) is 4. The van der Waals surface area contributed by atoms with Gasteiger partial charge < -0.3 is 4.42 Å². The summed E-state index contributed by atoms with van der Waals surface area (Å²) in [6.45, 7) is 2.10. The van der Waals surface area contributed by atoms with Gasteiger partial charge in [0.1, 0.15) is 0 Å². The molecular formula is C12H12N2O2S. The Morgan fingerprint density at radius 1 is 1.53 bits per heavy atom. The van der Waals surface area contributed by atoms with Gasteiger partial charge in [-0.15, -0.1) is 11.3 Å². The van der Waals surface area contributed by atoms with Gasteiger partial charge in [-0.3, -0.25) is 4.79 Å². The zero-order valence-corrected chi connectivity index (χ0v) is 10.2. The molecule has 0 radical (unpaired) electrons.